The van der Waals surface area contributed by atoms with E-state index in [1.165, 1.54) is 30.4 Å². The van der Waals surface area contributed by atoms with Crippen molar-refractivity contribution in [2.24, 2.45) is 11.8 Å². The highest BCUT2D eigenvalue weighted by Crippen LogP contribution is 2.39. The minimum atomic E-state index is -0.627. The molecule has 3 aromatic rings. The first-order valence-electron chi connectivity index (χ1n) is 15.4. The van der Waals surface area contributed by atoms with Gasteiger partial charge in [-0.25, -0.2) is 4.98 Å². The molecule has 6 heteroatoms. The molecule has 0 spiro atoms. The number of benzene rings is 2. The Balaban J connectivity index is 1.09. The van der Waals surface area contributed by atoms with Gasteiger partial charge in [-0.3, -0.25) is 9.69 Å². The maximum Gasteiger partial charge on any atom is 0.321 e. The molecule has 3 unspecified atom stereocenters. The first-order valence-corrected chi connectivity index (χ1v) is 15.4. The predicted octanol–water partition coefficient (Wildman–Crippen LogP) is 6.19. The number of hydrogen-bond acceptors (Lipinski definition) is 5. The van der Waals surface area contributed by atoms with Crippen LogP contribution < -0.4 is 0 Å². The van der Waals surface area contributed by atoms with Crippen LogP contribution in [-0.4, -0.2) is 64.6 Å². The quantitative estimate of drug-likeness (QED) is 0.348. The summed E-state index contributed by atoms with van der Waals surface area (Å²) in [6.07, 6.45) is 10.4. The Labute approximate surface area is 238 Å². The monoisotopic (exact) mass is 541 g/mol. The van der Waals surface area contributed by atoms with Gasteiger partial charge in [0.1, 0.15) is 12.3 Å². The average Bonchev–Trinajstić information content (AvgIpc) is 3.62. The van der Waals surface area contributed by atoms with Crippen molar-refractivity contribution >= 4 is 5.97 Å². The van der Waals surface area contributed by atoms with E-state index in [0.29, 0.717) is 17.8 Å². The fourth-order valence-electron chi connectivity index (χ4n) is 7.59. The van der Waals surface area contributed by atoms with E-state index in [1.54, 1.807) is 0 Å². The lowest BCUT2D eigenvalue weighted by Crippen LogP contribution is -2.46. The number of aliphatic carboxylic acids is 1. The van der Waals surface area contributed by atoms with E-state index in [9.17, 15) is 9.90 Å². The number of carbonyl (C=O) groups is 1. The summed E-state index contributed by atoms with van der Waals surface area (Å²) in [7, 11) is 0. The molecule has 3 fully saturated rings. The molecule has 40 heavy (non-hydrogen) atoms. The fraction of sp³-hybridized carbons (Fsp3) is 0.529. The molecule has 2 saturated heterocycles. The summed E-state index contributed by atoms with van der Waals surface area (Å²) in [6.45, 7) is 4.80. The molecule has 1 saturated carbocycles. The normalized spacial score (nSPS) is 24.3. The number of nitrogens with zero attached hydrogens (tertiary/aromatic N) is 3. The van der Waals surface area contributed by atoms with Gasteiger partial charge in [-0.05, 0) is 61.7 Å². The van der Waals surface area contributed by atoms with Crippen molar-refractivity contribution in [3.05, 3.63) is 89.6 Å². The fourth-order valence-corrected chi connectivity index (χ4v) is 7.59. The molecule has 3 atom stereocenters. The highest BCUT2D eigenvalue weighted by atomic mass is 16.4. The van der Waals surface area contributed by atoms with Gasteiger partial charge in [0.25, 0.3) is 0 Å². The Bertz CT molecular complexity index is 1220. The number of rotatable bonds is 9. The standard InChI is InChI=1S/C34H43N3O3/c38-34(39)32(27-14-8-3-9-15-27)37-22-29(31(23-37)26-12-6-2-7-13-26)21-36-18-16-28(17-19-36)33-35-30(24-40-33)20-25-10-4-1-5-11-25/h1-2,4-7,10-13,24,27-29,31-32H,3,8-9,14-23H2,(H,38,39). The van der Waals surface area contributed by atoms with Gasteiger partial charge in [0.15, 0.2) is 5.89 Å². The molecule has 212 valence electrons. The third kappa shape index (κ3) is 6.34. The largest absolute Gasteiger partial charge is 0.480 e. The third-order valence-electron chi connectivity index (χ3n) is 9.67. The van der Waals surface area contributed by atoms with Crippen molar-refractivity contribution in [2.45, 2.75) is 69.2 Å². The Morgan fingerprint density at radius 3 is 2.33 bits per heavy atom. The summed E-state index contributed by atoms with van der Waals surface area (Å²) in [6, 6.07) is 20.9. The minimum Gasteiger partial charge on any atom is -0.480 e. The molecule has 6 rings (SSSR count). The van der Waals surface area contributed by atoms with Crippen LogP contribution in [-0.2, 0) is 11.2 Å². The lowest BCUT2D eigenvalue weighted by atomic mass is 9.83. The van der Waals surface area contributed by atoms with Gasteiger partial charge in [-0.1, -0.05) is 79.9 Å². The lowest BCUT2D eigenvalue weighted by molar-refractivity contribution is -0.145. The molecule has 1 aromatic heterocycles. The van der Waals surface area contributed by atoms with Crippen LogP contribution in [0.2, 0.25) is 0 Å². The van der Waals surface area contributed by atoms with E-state index in [0.717, 1.165) is 76.4 Å². The summed E-state index contributed by atoms with van der Waals surface area (Å²) < 4.78 is 5.95. The zero-order valence-corrected chi connectivity index (χ0v) is 23.5. The van der Waals surface area contributed by atoms with Crippen molar-refractivity contribution in [1.29, 1.82) is 0 Å². The van der Waals surface area contributed by atoms with Crippen LogP contribution in [0.3, 0.4) is 0 Å². The third-order valence-corrected chi connectivity index (χ3v) is 9.67. The summed E-state index contributed by atoms with van der Waals surface area (Å²) in [5.74, 6) is 1.72. The predicted molar refractivity (Wildman–Crippen MR) is 156 cm³/mol. The van der Waals surface area contributed by atoms with Crippen LogP contribution in [0.15, 0.2) is 71.3 Å². The topological polar surface area (TPSA) is 69.8 Å². The minimum absolute atomic E-state index is 0.282. The van der Waals surface area contributed by atoms with E-state index in [-0.39, 0.29) is 12.0 Å². The van der Waals surface area contributed by atoms with Gasteiger partial charge in [0, 0.05) is 37.9 Å². The highest BCUT2D eigenvalue weighted by Gasteiger charge is 2.43. The molecule has 2 aliphatic heterocycles. The van der Waals surface area contributed by atoms with Crippen LogP contribution in [0.5, 0.6) is 0 Å². The Morgan fingerprint density at radius 2 is 1.62 bits per heavy atom. The highest BCUT2D eigenvalue weighted by molar-refractivity contribution is 5.74. The molecule has 0 bridgehead atoms. The smallest absolute Gasteiger partial charge is 0.321 e. The SMILES string of the molecule is O=C(O)C(C1CCCCC1)N1CC(CN2CCC(c3nc(Cc4ccccc4)co3)CC2)C(c2ccccc2)C1. The molecule has 1 aliphatic carbocycles. The van der Waals surface area contributed by atoms with Gasteiger partial charge in [0.05, 0.1) is 5.69 Å². The molecule has 0 radical (unpaired) electrons. The number of hydrogen-bond donors (Lipinski definition) is 1. The second-order valence-corrected chi connectivity index (χ2v) is 12.3. The summed E-state index contributed by atoms with van der Waals surface area (Å²) >= 11 is 0. The van der Waals surface area contributed by atoms with Crippen LogP contribution in [0, 0.1) is 11.8 Å². The lowest BCUT2D eigenvalue weighted by Gasteiger charge is -2.35. The van der Waals surface area contributed by atoms with Gasteiger partial charge >= 0.3 is 5.97 Å². The summed E-state index contributed by atoms with van der Waals surface area (Å²) in [4.78, 5) is 22.3. The maximum atomic E-state index is 12.5. The van der Waals surface area contributed by atoms with Crippen LogP contribution in [0.4, 0.5) is 0 Å². The molecular weight excluding hydrogens is 498 g/mol. The van der Waals surface area contributed by atoms with E-state index in [2.05, 4.69) is 64.4 Å². The number of piperidine rings is 1. The van der Waals surface area contributed by atoms with Crippen molar-refractivity contribution < 1.29 is 14.3 Å². The molecule has 6 nitrogen and oxygen atoms in total. The number of oxazole rings is 1. The van der Waals surface area contributed by atoms with Crippen molar-refractivity contribution in [3.63, 3.8) is 0 Å². The number of carboxylic acids is 1. The Kier molecular flexibility index (Phi) is 8.64. The van der Waals surface area contributed by atoms with Crippen molar-refractivity contribution in [1.82, 2.24) is 14.8 Å². The molecule has 1 N–H and O–H groups in total. The van der Waals surface area contributed by atoms with Gasteiger partial charge < -0.3 is 14.4 Å². The number of carboxylic acid groups (broad SMARTS) is 1. The first-order chi connectivity index (χ1) is 19.6. The number of aromatic nitrogens is 1. The Hall–Kier alpha value is -2.96. The summed E-state index contributed by atoms with van der Waals surface area (Å²) in [5, 5.41) is 10.3. The van der Waals surface area contributed by atoms with Gasteiger partial charge in [-0.15, -0.1) is 0 Å². The molecular formula is C34H43N3O3. The zero-order chi connectivity index (χ0) is 27.3. The van der Waals surface area contributed by atoms with Gasteiger partial charge in [-0.2, -0.15) is 0 Å². The van der Waals surface area contributed by atoms with Crippen LogP contribution >= 0.6 is 0 Å². The van der Waals surface area contributed by atoms with E-state index in [1.807, 2.05) is 12.3 Å². The average molecular weight is 542 g/mol. The summed E-state index contributed by atoms with van der Waals surface area (Å²) in [5.41, 5.74) is 3.61. The van der Waals surface area contributed by atoms with Crippen molar-refractivity contribution in [3.8, 4) is 0 Å². The first kappa shape index (κ1) is 27.2. The second-order valence-electron chi connectivity index (χ2n) is 12.3. The van der Waals surface area contributed by atoms with E-state index in [4.69, 9.17) is 9.40 Å². The molecule has 0 amide bonds. The van der Waals surface area contributed by atoms with Gasteiger partial charge in [0.2, 0.25) is 0 Å². The van der Waals surface area contributed by atoms with Crippen molar-refractivity contribution in [2.75, 3.05) is 32.7 Å². The molecule has 2 aromatic carbocycles. The molecule has 3 aliphatic rings. The Morgan fingerprint density at radius 1 is 0.925 bits per heavy atom. The maximum absolute atomic E-state index is 12.5. The zero-order valence-electron chi connectivity index (χ0n) is 23.5. The van der Waals surface area contributed by atoms with Crippen LogP contribution in [0.25, 0.3) is 0 Å². The van der Waals surface area contributed by atoms with Crippen LogP contribution in [0.1, 0.15) is 79.5 Å². The van der Waals surface area contributed by atoms with E-state index >= 15 is 0 Å². The molecule has 3 heterocycles. The number of likely N-dealkylation sites (tertiary alicyclic amines) is 2. The van der Waals surface area contributed by atoms with E-state index < -0.39 is 5.97 Å². The second kappa shape index (κ2) is 12.7.